The Morgan fingerprint density at radius 3 is 2.57 bits per heavy atom. The number of hydrogen-bond donors (Lipinski definition) is 2. The van der Waals surface area contributed by atoms with Crippen LogP contribution in [-0.4, -0.2) is 86.5 Å². The van der Waals surface area contributed by atoms with Crippen LogP contribution in [0.2, 0.25) is 0 Å². The third-order valence-electron chi connectivity index (χ3n) is 5.14. The number of aryl methyl sites for hydroxylation is 1. The van der Waals surface area contributed by atoms with Gasteiger partial charge in [-0.15, -0.1) is 0 Å². The minimum Gasteiger partial charge on any atom is -0.465 e. The van der Waals surface area contributed by atoms with Crippen molar-refractivity contribution in [2.24, 2.45) is 4.99 Å². The molecule has 1 aromatic rings. The van der Waals surface area contributed by atoms with E-state index < -0.39 is 5.60 Å². The summed E-state index contributed by atoms with van der Waals surface area (Å²) >= 11 is 0. The molecule has 1 unspecified atom stereocenters. The van der Waals surface area contributed by atoms with E-state index >= 15 is 0 Å². The van der Waals surface area contributed by atoms with E-state index in [0.29, 0.717) is 25.6 Å². The molecule has 0 bridgehead atoms. The minimum atomic E-state index is -0.480. The normalized spacial score (nSPS) is 19.9. The molecular weight excluding hydrogens is 386 g/mol. The van der Waals surface area contributed by atoms with Crippen molar-refractivity contribution in [3.63, 3.8) is 0 Å². The van der Waals surface area contributed by atoms with Gasteiger partial charge in [0.15, 0.2) is 5.96 Å². The Morgan fingerprint density at radius 2 is 2.00 bits per heavy atom. The molecule has 9 heteroatoms. The van der Waals surface area contributed by atoms with Crippen LogP contribution in [-0.2, 0) is 9.47 Å². The van der Waals surface area contributed by atoms with E-state index in [1.54, 1.807) is 11.9 Å². The molecule has 0 aliphatic carbocycles. The van der Waals surface area contributed by atoms with Gasteiger partial charge in [-0.2, -0.15) is 0 Å². The summed E-state index contributed by atoms with van der Waals surface area (Å²) in [5, 5.41) is 6.80. The summed E-state index contributed by atoms with van der Waals surface area (Å²) in [5.41, 5.74) is -0.480. The molecule has 0 radical (unpaired) electrons. The molecule has 1 amide bonds. The number of amides is 1. The number of carbonyl (C=O) groups excluding carboxylic acids is 1. The van der Waals surface area contributed by atoms with Gasteiger partial charge in [0.2, 0.25) is 0 Å². The van der Waals surface area contributed by atoms with E-state index in [1.165, 1.54) is 0 Å². The molecule has 0 spiro atoms. The Kier molecular flexibility index (Phi) is 7.25. The van der Waals surface area contributed by atoms with Crippen molar-refractivity contribution in [2.45, 2.75) is 45.4 Å². The lowest BCUT2D eigenvalue weighted by atomic mass is 10.1. The number of nitrogens with one attached hydrogen (secondary N) is 2. The van der Waals surface area contributed by atoms with Crippen molar-refractivity contribution in [1.82, 2.24) is 20.4 Å². The first-order chi connectivity index (χ1) is 14.2. The van der Waals surface area contributed by atoms with Crippen LogP contribution in [0.1, 0.15) is 38.3 Å². The molecule has 2 aliphatic heterocycles. The van der Waals surface area contributed by atoms with Crippen molar-refractivity contribution < 1.29 is 18.7 Å². The fraction of sp³-hybridized carbons (Fsp3) is 0.714. The maximum Gasteiger partial charge on any atom is 0.410 e. The van der Waals surface area contributed by atoms with Crippen LogP contribution in [0.3, 0.4) is 0 Å². The quantitative estimate of drug-likeness (QED) is 0.553. The standard InChI is InChI=1S/C21H35N5O4/c1-15-6-7-18(29-15)17(25-8-10-28-11-9-25)12-23-19(22-5)24-16-13-26(14-16)20(27)30-21(2,3)4/h6-7,16-17H,8-14H2,1-5H3,(H2,22,23,24). The molecule has 3 heterocycles. The fourth-order valence-electron chi connectivity index (χ4n) is 3.56. The molecule has 2 aliphatic rings. The summed E-state index contributed by atoms with van der Waals surface area (Å²) in [7, 11) is 1.75. The molecule has 2 N–H and O–H groups in total. The summed E-state index contributed by atoms with van der Waals surface area (Å²) < 4.78 is 16.8. The second kappa shape index (κ2) is 9.70. The Bertz CT molecular complexity index is 730. The van der Waals surface area contributed by atoms with Crippen LogP contribution in [0.25, 0.3) is 0 Å². The predicted octanol–water partition coefficient (Wildman–Crippen LogP) is 1.75. The Balaban J connectivity index is 1.50. The lowest BCUT2D eigenvalue weighted by Crippen LogP contribution is -2.63. The Morgan fingerprint density at radius 1 is 1.30 bits per heavy atom. The fourth-order valence-corrected chi connectivity index (χ4v) is 3.56. The van der Waals surface area contributed by atoms with E-state index in [0.717, 1.165) is 37.8 Å². The molecule has 30 heavy (non-hydrogen) atoms. The van der Waals surface area contributed by atoms with Gasteiger partial charge >= 0.3 is 6.09 Å². The highest BCUT2D eigenvalue weighted by Gasteiger charge is 2.34. The zero-order valence-corrected chi connectivity index (χ0v) is 18.7. The van der Waals surface area contributed by atoms with E-state index in [4.69, 9.17) is 13.9 Å². The maximum absolute atomic E-state index is 12.1. The average molecular weight is 422 g/mol. The average Bonchev–Trinajstić information content (AvgIpc) is 3.08. The number of nitrogens with zero attached hydrogens (tertiary/aromatic N) is 3. The van der Waals surface area contributed by atoms with E-state index in [1.807, 2.05) is 39.8 Å². The van der Waals surface area contributed by atoms with E-state index in [9.17, 15) is 4.79 Å². The zero-order valence-electron chi connectivity index (χ0n) is 18.7. The monoisotopic (exact) mass is 421 g/mol. The van der Waals surface area contributed by atoms with Crippen molar-refractivity contribution in [2.75, 3.05) is 53.0 Å². The topological polar surface area (TPSA) is 91.6 Å². The predicted molar refractivity (Wildman–Crippen MR) is 115 cm³/mol. The van der Waals surface area contributed by atoms with Gasteiger partial charge in [-0.1, -0.05) is 0 Å². The Hall–Kier alpha value is -2.26. The number of hydrogen-bond acceptors (Lipinski definition) is 6. The highest BCUT2D eigenvalue weighted by atomic mass is 16.6. The van der Waals surface area contributed by atoms with Crippen LogP contribution >= 0.6 is 0 Å². The largest absolute Gasteiger partial charge is 0.465 e. The van der Waals surface area contributed by atoms with Gasteiger partial charge in [0.05, 0.1) is 25.3 Å². The van der Waals surface area contributed by atoms with Crippen molar-refractivity contribution in [3.05, 3.63) is 23.7 Å². The molecule has 1 atom stereocenters. The molecule has 0 aromatic carbocycles. The van der Waals surface area contributed by atoms with Crippen molar-refractivity contribution >= 4 is 12.1 Å². The first-order valence-corrected chi connectivity index (χ1v) is 10.6. The number of furan rings is 1. The van der Waals surface area contributed by atoms with Gasteiger partial charge in [0.1, 0.15) is 17.1 Å². The third kappa shape index (κ3) is 6.12. The van der Waals surface area contributed by atoms with Crippen LogP contribution in [0, 0.1) is 6.92 Å². The highest BCUT2D eigenvalue weighted by Crippen LogP contribution is 2.23. The molecule has 168 valence electrons. The first-order valence-electron chi connectivity index (χ1n) is 10.6. The molecule has 3 rings (SSSR count). The van der Waals surface area contributed by atoms with Gasteiger partial charge < -0.3 is 29.4 Å². The number of ether oxygens (including phenoxy) is 2. The third-order valence-corrected chi connectivity index (χ3v) is 5.14. The maximum atomic E-state index is 12.1. The summed E-state index contributed by atoms with van der Waals surface area (Å²) in [4.78, 5) is 20.5. The van der Waals surface area contributed by atoms with Crippen molar-refractivity contribution in [3.8, 4) is 0 Å². The SMILES string of the molecule is CN=C(NCC(c1ccc(C)o1)N1CCOCC1)NC1CN(C(=O)OC(C)(C)C)C1. The summed E-state index contributed by atoms with van der Waals surface area (Å²) in [6.07, 6.45) is -0.274. The number of morpholine rings is 1. The zero-order chi connectivity index (χ0) is 21.7. The highest BCUT2D eigenvalue weighted by molar-refractivity contribution is 5.80. The van der Waals surface area contributed by atoms with Gasteiger partial charge in [-0.25, -0.2) is 4.79 Å². The summed E-state index contributed by atoms with van der Waals surface area (Å²) in [5.74, 6) is 2.56. The summed E-state index contributed by atoms with van der Waals surface area (Å²) in [6, 6.07) is 4.28. The number of carbonyl (C=O) groups is 1. The van der Waals surface area contributed by atoms with E-state index in [2.05, 4.69) is 20.5 Å². The van der Waals surface area contributed by atoms with Crippen LogP contribution < -0.4 is 10.6 Å². The van der Waals surface area contributed by atoms with Gasteiger partial charge in [-0.3, -0.25) is 9.89 Å². The molecular formula is C21H35N5O4. The van der Waals surface area contributed by atoms with Gasteiger partial charge in [0, 0.05) is 39.8 Å². The second-order valence-electron chi connectivity index (χ2n) is 8.79. The summed E-state index contributed by atoms with van der Waals surface area (Å²) in [6.45, 7) is 12.6. The van der Waals surface area contributed by atoms with Gasteiger partial charge in [0.25, 0.3) is 0 Å². The molecule has 2 saturated heterocycles. The smallest absolute Gasteiger partial charge is 0.410 e. The number of likely N-dealkylation sites (tertiary alicyclic amines) is 1. The molecule has 2 fully saturated rings. The van der Waals surface area contributed by atoms with Crippen LogP contribution in [0.5, 0.6) is 0 Å². The van der Waals surface area contributed by atoms with Gasteiger partial charge in [-0.05, 0) is 39.8 Å². The van der Waals surface area contributed by atoms with E-state index in [-0.39, 0.29) is 18.2 Å². The second-order valence-corrected chi connectivity index (χ2v) is 8.79. The number of guanidine groups is 1. The minimum absolute atomic E-state index is 0.0980. The molecule has 1 aromatic heterocycles. The van der Waals surface area contributed by atoms with Crippen LogP contribution in [0.15, 0.2) is 21.5 Å². The lowest BCUT2D eigenvalue weighted by molar-refractivity contribution is 0.00673. The lowest BCUT2D eigenvalue weighted by Gasteiger charge is -2.40. The molecule has 9 nitrogen and oxygen atoms in total. The van der Waals surface area contributed by atoms with Crippen molar-refractivity contribution in [1.29, 1.82) is 0 Å². The first kappa shape index (κ1) is 22.4. The number of rotatable bonds is 5. The molecule has 0 saturated carbocycles. The number of aliphatic imine (C=N–C) groups is 1. The van der Waals surface area contributed by atoms with Crippen LogP contribution in [0.4, 0.5) is 4.79 Å². The Labute approximate surface area is 178 Å².